The number of hydrogen-bond donors (Lipinski definition) is 2. The van der Waals surface area contributed by atoms with Crippen LogP contribution in [0.5, 0.6) is 0 Å². The molecule has 9 nitrogen and oxygen atoms in total. The minimum atomic E-state index is -3.83. The third-order valence-corrected chi connectivity index (χ3v) is 7.38. The third kappa shape index (κ3) is 5.53. The van der Waals surface area contributed by atoms with Crippen molar-refractivity contribution in [2.45, 2.75) is 17.7 Å². The fraction of sp³-hybridized carbons (Fsp3) is 0.350. The normalized spacial score (nSPS) is 15.3. The summed E-state index contributed by atoms with van der Waals surface area (Å²) >= 11 is 5.70. The number of benzene rings is 2. The molecule has 0 saturated carbocycles. The van der Waals surface area contributed by atoms with E-state index in [2.05, 4.69) is 10.6 Å². The summed E-state index contributed by atoms with van der Waals surface area (Å²) in [4.78, 5) is 22.9. The standard InChI is InChI=1S/C20H22ClFN4O5S/c21-16-13-15(5-6-17(16)22)32(30,31)25-11-7-14(8-12-25)20(27)24-10-9-23-18-3-1-2-4-19(18)26(28)29/h1-6,13-14,23H,7-12H2,(H,24,27). The van der Waals surface area contributed by atoms with Crippen LogP contribution in [0.25, 0.3) is 0 Å². The van der Waals surface area contributed by atoms with Gasteiger partial charge < -0.3 is 10.6 Å². The highest BCUT2D eigenvalue weighted by molar-refractivity contribution is 7.89. The maximum Gasteiger partial charge on any atom is 0.292 e. The molecule has 1 aliphatic rings. The van der Waals surface area contributed by atoms with E-state index in [1.165, 1.54) is 16.4 Å². The van der Waals surface area contributed by atoms with Crippen LogP contribution in [0.1, 0.15) is 12.8 Å². The van der Waals surface area contributed by atoms with Gasteiger partial charge in [0.2, 0.25) is 15.9 Å². The molecule has 1 fully saturated rings. The smallest absolute Gasteiger partial charge is 0.292 e. The number of anilines is 1. The van der Waals surface area contributed by atoms with Gasteiger partial charge >= 0.3 is 0 Å². The minimum Gasteiger partial charge on any atom is -0.378 e. The Morgan fingerprint density at radius 3 is 2.53 bits per heavy atom. The topological polar surface area (TPSA) is 122 Å². The van der Waals surface area contributed by atoms with E-state index in [-0.39, 0.29) is 47.1 Å². The van der Waals surface area contributed by atoms with Crippen LogP contribution in [0.4, 0.5) is 15.8 Å². The molecule has 1 amide bonds. The molecule has 1 saturated heterocycles. The Hall–Kier alpha value is -2.76. The number of carbonyl (C=O) groups is 1. The number of hydrogen-bond acceptors (Lipinski definition) is 6. The van der Waals surface area contributed by atoms with Crippen molar-refractivity contribution in [2.24, 2.45) is 5.92 Å². The SMILES string of the molecule is O=C(NCCNc1ccccc1[N+](=O)[O-])C1CCN(S(=O)(=O)c2ccc(F)c(Cl)c2)CC1. The number of halogens is 2. The van der Waals surface area contributed by atoms with Gasteiger partial charge in [-0.15, -0.1) is 0 Å². The summed E-state index contributed by atoms with van der Waals surface area (Å²) in [7, 11) is -3.83. The van der Waals surface area contributed by atoms with E-state index in [9.17, 15) is 27.7 Å². The Labute approximate surface area is 189 Å². The largest absolute Gasteiger partial charge is 0.378 e. The maximum atomic E-state index is 13.3. The Morgan fingerprint density at radius 2 is 1.88 bits per heavy atom. The number of nitrogens with zero attached hydrogens (tertiary/aromatic N) is 2. The molecular weight excluding hydrogens is 463 g/mol. The molecule has 2 aromatic carbocycles. The molecule has 1 heterocycles. The molecule has 0 aliphatic carbocycles. The second kappa shape index (κ2) is 10.2. The highest BCUT2D eigenvalue weighted by Gasteiger charge is 2.32. The molecule has 0 aromatic heterocycles. The van der Waals surface area contributed by atoms with Gasteiger partial charge in [0.15, 0.2) is 0 Å². The summed E-state index contributed by atoms with van der Waals surface area (Å²) in [6.07, 6.45) is 0.690. The van der Waals surface area contributed by atoms with Crippen LogP contribution >= 0.6 is 11.6 Å². The first-order chi connectivity index (χ1) is 15.2. The average Bonchev–Trinajstić information content (AvgIpc) is 2.78. The monoisotopic (exact) mass is 484 g/mol. The fourth-order valence-corrected chi connectivity index (χ4v) is 5.20. The van der Waals surface area contributed by atoms with Crippen molar-refractivity contribution in [3.8, 4) is 0 Å². The highest BCUT2D eigenvalue weighted by Crippen LogP contribution is 2.27. The Kier molecular flexibility index (Phi) is 7.64. The van der Waals surface area contributed by atoms with Crippen molar-refractivity contribution in [2.75, 3.05) is 31.5 Å². The van der Waals surface area contributed by atoms with Gasteiger partial charge in [-0.05, 0) is 37.1 Å². The number of rotatable bonds is 8. The van der Waals surface area contributed by atoms with Crippen molar-refractivity contribution in [1.82, 2.24) is 9.62 Å². The van der Waals surface area contributed by atoms with Crippen LogP contribution in [0.3, 0.4) is 0 Å². The van der Waals surface area contributed by atoms with Crippen LogP contribution < -0.4 is 10.6 Å². The van der Waals surface area contributed by atoms with Crippen LogP contribution in [0.2, 0.25) is 5.02 Å². The first-order valence-electron chi connectivity index (χ1n) is 9.90. The van der Waals surface area contributed by atoms with Crippen molar-refractivity contribution in [3.63, 3.8) is 0 Å². The quantitative estimate of drug-likeness (QED) is 0.337. The number of nitro groups is 1. The predicted octanol–water partition coefficient (Wildman–Crippen LogP) is 3.02. The molecule has 0 unspecified atom stereocenters. The molecule has 0 atom stereocenters. The second-order valence-corrected chi connectivity index (χ2v) is 9.59. The van der Waals surface area contributed by atoms with Gasteiger partial charge in [0.05, 0.1) is 14.8 Å². The number of sulfonamides is 1. The Balaban J connectivity index is 1.47. The lowest BCUT2D eigenvalue weighted by atomic mass is 9.97. The Morgan fingerprint density at radius 1 is 1.19 bits per heavy atom. The zero-order valence-electron chi connectivity index (χ0n) is 17.0. The van der Waals surface area contributed by atoms with Crippen LogP contribution in [0.15, 0.2) is 47.4 Å². The molecule has 172 valence electrons. The van der Waals surface area contributed by atoms with Crippen LogP contribution in [-0.4, -0.2) is 49.7 Å². The van der Waals surface area contributed by atoms with Crippen molar-refractivity contribution >= 4 is 38.9 Å². The summed E-state index contributed by atoms with van der Waals surface area (Å²) in [5.74, 6) is -1.24. The molecular formula is C20H22ClFN4O5S. The summed E-state index contributed by atoms with van der Waals surface area (Å²) in [6.45, 7) is 0.875. The maximum absolute atomic E-state index is 13.3. The number of nitrogens with one attached hydrogen (secondary N) is 2. The van der Waals surface area contributed by atoms with Crippen molar-refractivity contribution in [1.29, 1.82) is 0 Å². The lowest BCUT2D eigenvalue weighted by Gasteiger charge is -2.30. The number of carbonyl (C=O) groups excluding carboxylic acids is 1. The summed E-state index contributed by atoms with van der Waals surface area (Å²) < 4.78 is 40.1. The summed E-state index contributed by atoms with van der Waals surface area (Å²) in [6, 6.07) is 9.48. The van der Waals surface area contributed by atoms with E-state index in [0.717, 1.165) is 12.1 Å². The highest BCUT2D eigenvalue weighted by atomic mass is 35.5. The van der Waals surface area contributed by atoms with Gasteiger partial charge in [-0.25, -0.2) is 12.8 Å². The number of para-hydroxylation sites is 2. The molecule has 0 spiro atoms. The van der Waals surface area contributed by atoms with Gasteiger partial charge in [0.1, 0.15) is 11.5 Å². The fourth-order valence-electron chi connectivity index (χ4n) is 3.45. The molecule has 2 aromatic rings. The molecule has 0 radical (unpaired) electrons. The third-order valence-electron chi connectivity index (χ3n) is 5.19. The molecule has 0 bridgehead atoms. The number of piperidine rings is 1. The van der Waals surface area contributed by atoms with E-state index in [0.29, 0.717) is 25.1 Å². The van der Waals surface area contributed by atoms with E-state index in [1.807, 2.05) is 0 Å². The Bertz CT molecular complexity index is 1110. The van der Waals surface area contributed by atoms with Gasteiger partial charge in [-0.1, -0.05) is 23.7 Å². The van der Waals surface area contributed by atoms with Gasteiger partial charge in [-0.2, -0.15) is 4.31 Å². The summed E-state index contributed by atoms with van der Waals surface area (Å²) in [5, 5.41) is 16.4. The van der Waals surface area contributed by atoms with Crippen LogP contribution in [-0.2, 0) is 14.8 Å². The van der Waals surface area contributed by atoms with Crippen LogP contribution in [0, 0.1) is 21.8 Å². The molecule has 2 N–H and O–H groups in total. The first-order valence-corrected chi connectivity index (χ1v) is 11.7. The average molecular weight is 485 g/mol. The number of amides is 1. The predicted molar refractivity (Wildman–Crippen MR) is 117 cm³/mol. The second-order valence-electron chi connectivity index (χ2n) is 7.25. The van der Waals surface area contributed by atoms with Crippen molar-refractivity contribution in [3.05, 3.63) is 63.4 Å². The van der Waals surface area contributed by atoms with Crippen molar-refractivity contribution < 1.29 is 22.5 Å². The lowest BCUT2D eigenvalue weighted by molar-refractivity contribution is -0.384. The minimum absolute atomic E-state index is 0.0464. The molecule has 12 heteroatoms. The summed E-state index contributed by atoms with van der Waals surface area (Å²) in [5.41, 5.74) is 0.320. The van der Waals surface area contributed by atoms with E-state index < -0.39 is 20.8 Å². The van der Waals surface area contributed by atoms with Gasteiger partial charge in [0, 0.05) is 38.2 Å². The zero-order valence-corrected chi connectivity index (χ0v) is 18.5. The van der Waals surface area contributed by atoms with Gasteiger partial charge in [0.25, 0.3) is 5.69 Å². The molecule has 1 aliphatic heterocycles. The van der Waals surface area contributed by atoms with Gasteiger partial charge in [-0.3, -0.25) is 14.9 Å². The molecule has 32 heavy (non-hydrogen) atoms. The van der Waals surface area contributed by atoms with E-state index in [4.69, 9.17) is 11.6 Å². The zero-order chi connectivity index (χ0) is 23.3. The molecule has 3 rings (SSSR count). The van der Waals surface area contributed by atoms with E-state index in [1.54, 1.807) is 18.2 Å². The van der Waals surface area contributed by atoms with E-state index >= 15 is 0 Å². The first kappa shape index (κ1) is 23.9. The lowest BCUT2D eigenvalue weighted by Crippen LogP contribution is -2.43. The number of nitro benzene ring substituents is 1.